The van der Waals surface area contributed by atoms with Gasteiger partial charge in [-0.05, 0) is 42.2 Å². The predicted molar refractivity (Wildman–Crippen MR) is 87.9 cm³/mol. The van der Waals surface area contributed by atoms with E-state index in [2.05, 4.69) is 5.32 Å². The molecule has 2 rings (SSSR count). The average molecular weight is 358 g/mol. The van der Waals surface area contributed by atoms with Crippen molar-refractivity contribution in [1.82, 2.24) is 5.32 Å². The zero-order valence-corrected chi connectivity index (χ0v) is 13.7. The Labute approximate surface area is 143 Å². The molecule has 2 aromatic carbocycles. The van der Waals surface area contributed by atoms with E-state index in [0.29, 0.717) is 35.0 Å². The van der Waals surface area contributed by atoms with Gasteiger partial charge in [0.25, 0.3) is 0 Å². The number of hydrogen-bond acceptors (Lipinski definition) is 1. The van der Waals surface area contributed by atoms with Gasteiger partial charge >= 0.3 is 0 Å². The molecule has 0 spiro atoms. The highest BCUT2D eigenvalue weighted by Crippen LogP contribution is 2.26. The molecule has 0 saturated carbocycles. The van der Waals surface area contributed by atoms with Crippen LogP contribution in [0, 0.1) is 11.6 Å². The van der Waals surface area contributed by atoms with Crippen LogP contribution in [0.2, 0.25) is 10.0 Å². The van der Waals surface area contributed by atoms with Crippen molar-refractivity contribution in [2.24, 2.45) is 0 Å². The molecule has 0 radical (unpaired) electrons. The van der Waals surface area contributed by atoms with Gasteiger partial charge in [-0.2, -0.15) is 0 Å². The van der Waals surface area contributed by atoms with E-state index < -0.39 is 11.6 Å². The van der Waals surface area contributed by atoms with Crippen LogP contribution in [0.3, 0.4) is 0 Å². The molecule has 0 bridgehead atoms. The zero-order valence-electron chi connectivity index (χ0n) is 12.2. The van der Waals surface area contributed by atoms with Crippen molar-refractivity contribution in [2.45, 2.75) is 19.3 Å². The highest BCUT2D eigenvalue weighted by atomic mass is 35.5. The number of nitrogens with one attached hydrogen (secondary N) is 1. The lowest BCUT2D eigenvalue weighted by Crippen LogP contribution is -2.26. The number of benzene rings is 2. The molecule has 0 heterocycles. The Morgan fingerprint density at radius 2 is 1.74 bits per heavy atom. The lowest BCUT2D eigenvalue weighted by Gasteiger charge is -2.07. The molecule has 122 valence electrons. The molecule has 0 unspecified atom stereocenters. The molecule has 23 heavy (non-hydrogen) atoms. The maximum absolute atomic E-state index is 13.0. The number of amides is 1. The van der Waals surface area contributed by atoms with E-state index in [0.717, 1.165) is 11.6 Å². The van der Waals surface area contributed by atoms with Crippen LogP contribution in [0.25, 0.3) is 0 Å². The Bertz CT molecular complexity index is 687. The first-order valence-electron chi connectivity index (χ1n) is 7.10. The maximum Gasteiger partial charge on any atom is 0.220 e. The molecule has 0 aromatic heterocycles. The van der Waals surface area contributed by atoms with Gasteiger partial charge in [0.05, 0.1) is 10.0 Å². The molecule has 0 atom stereocenters. The summed E-state index contributed by atoms with van der Waals surface area (Å²) in [4.78, 5) is 11.8. The molecular formula is C17H15Cl2F2NO. The van der Waals surface area contributed by atoms with Crippen LogP contribution >= 0.6 is 23.2 Å². The highest BCUT2D eigenvalue weighted by Gasteiger charge is 2.08. The Morgan fingerprint density at radius 1 is 1.04 bits per heavy atom. The van der Waals surface area contributed by atoms with E-state index in [1.54, 1.807) is 12.1 Å². The molecule has 0 aliphatic rings. The number of carbonyl (C=O) groups excluding carboxylic acids is 1. The lowest BCUT2D eigenvalue weighted by molar-refractivity contribution is -0.121. The van der Waals surface area contributed by atoms with E-state index in [-0.39, 0.29) is 12.3 Å². The third kappa shape index (κ3) is 5.48. The summed E-state index contributed by atoms with van der Waals surface area (Å²) in [6.07, 6.45) is 1.09. The van der Waals surface area contributed by atoms with Gasteiger partial charge in [0.15, 0.2) is 0 Å². The van der Waals surface area contributed by atoms with E-state index in [9.17, 15) is 13.6 Å². The van der Waals surface area contributed by atoms with Crippen molar-refractivity contribution in [3.63, 3.8) is 0 Å². The van der Waals surface area contributed by atoms with Crippen LogP contribution in [0.15, 0.2) is 36.4 Å². The van der Waals surface area contributed by atoms with E-state index in [4.69, 9.17) is 23.2 Å². The Hall–Kier alpha value is -1.65. The highest BCUT2D eigenvalue weighted by molar-refractivity contribution is 6.42. The van der Waals surface area contributed by atoms with Crippen LogP contribution in [-0.2, 0) is 17.6 Å². The van der Waals surface area contributed by atoms with Crippen molar-refractivity contribution >= 4 is 29.1 Å². The topological polar surface area (TPSA) is 29.1 Å². The van der Waals surface area contributed by atoms with Crippen LogP contribution in [0.4, 0.5) is 8.78 Å². The average Bonchev–Trinajstić information content (AvgIpc) is 2.48. The molecular weight excluding hydrogens is 343 g/mol. The fourth-order valence-corrected chi connectivity index (χ4v) is 2.59. The first-order valence-corrected chi connectivity index (χ1v) is 7.86. The van der Waals surface area contributed by atoms with Crippen molar-refractivity contribution in [3.05, 3.63) is 69.2 Å². The van der Waals surface area contributed by atoms with Crippen molar-refractivity contribution in [3.8, 4) is 0 Å². The Morgan fingerprint density at radius 3 is 2.43 bits per heavy atom. The van der Waals surface area contributed by atoms with Gasteiger partial charge in [0.2, 0.25) is 5.91 Å². The molecule has 0 fully saturated rings. The van der Waals surface area contributed by atoms with Crippen LogP contribution < -0.4 is 5.32 Å². The predicted octanol–water partition coefficient (Wildman–Crippen LogP) is 4.56. The SMILES string of the molecule is O=C(CCc1cccc(Cl)c1Cl)NCCc1cc(F)cc(F)c1. The summed E-state index contributed by atoms with van der Waals surface area (Å²) in [5.41, 5.74) is 1.31. The van der Waals surface area contributed by atoms with Gasteiger partial charge in [0, 0.05) is 19.0 Å². The number of halogens is 4. The fourth-order valence-electron chi connectivity index (χ4n) is 2.18. The number of rotatable bonds is 6. The molecule has 0 saturated heterocycles. The largest absolute Gasteiger partial charge is 0.356 e. The van der Waals surface area contributed by atoms with E-state index in [1.165, 1.54) is 12.1 Å². The summed E-state index contributed by atoms with van der Waals surface area (Å²) in [7, 11) is 0. The summed E-state index contributed by atoms with van der Waals surface area (Å²) >= 11 is 12.0. The molecule has 2 nitrogen and oxygen atoms in total. The van der Waals surface area contributed by atoms with Crippen molar-refractivity contribution in [2.75, 3.05) is 6.54 Å². The monoisotopic (exact) mass is 357 g/mol. The summed E-state index contributed by atoms with van der Waals surface area (Å²) in [5.74, 6) is -1.40. The van der Waals surface area contributed by atoms with Gasteiger partial charge in [-0.15, -0.1) is 0 Å². The number of aryl methyl sites for hydroxylation is 1. The molecule has 1 N–H and O–H groups in total. The minimum absolute atomic E-state index is 0.155. The number of hydrogen-bond donors (Lipinski definition) is 1. The molecule has 0 aliphatic heterocycles. The summed E-state index contributed by atoms with van der Waals surface area (Å²) < 4.78 is 26.1. The van der Waals surface area contributed by atoms with E-state index in [1.807, 2.05) is 6.07 Å². The fraction of sp³-hybridized carbons (Fsp3) is 0.235. The Kier molecular flexibility index (Phi) is 6.37. The minimum atomic E-state index is -0.623. The lowest BCUT2D eigenvalue weighted by atomic mass is 10.1. The van der Waals surface area contributed by atoms with Gasteiger partial charge in [-0.3, -0.25) is 4.79 Å². The maximum atomic E-state index is 13.0. The quantitative estimate of drug-likeness (QED) is 0.806. The first-order chi connectivity index (χ1) is 11.0. The van der Waals surface area contributed by atoms with E-state index >= 15 is 0 Å². The molecule has 1 amide bonds. The minimum Gasteiger partial charge on any atom is -0.356 e. The van der Waals surface area contributed by atoms with Gasteiger partial charge in [0.1, 0.15) is 11.6 Å². The summed E-state index contributed by atoms with van der Waals surface area (Å²) in [6.45, 7) is 0.311. The van der Waals surface area contributed by atoms with Gasteiger partial charge in [-0.1, -0.05) is 35.3 Å². The van der Waals surface area contributed by atoms with Gasteiger partial charge < -0.3 is 5.32 Å². The Balaban J connectivity index is 1.78. The summed E-state index contributed by atoms with van der Waals surface area (Å²) in [5, 5.41) is 3.63. The summed E-state index contributed by atoms with van der Waals surface area (Å²) in [6, 6.07) is 8.60. The third-order valence-electron chi connectivity index (χ3n) is 3.31. The third-order valence-corrected chi connectivity index (χ3v) is 4.17. The normalized spacial score (nSPS) is 10.6. The molecule has 2 aromatic rings. The smallest absolute Gasteiger partial charge is 0.220 e. The first kappa shape index (κ1) is 17.7. The van der Waals surface area contributed by atoms with Gasteiger partial charge in [-0.25, -0.2) is 8.78 Å². The standard InChI is InChI=1S/C17H15Cl2F2NO/c18-15-3-1-2-12(17(15)19)4-5-16(23)22-7-6-11-8-13(20)10-14(21)9-11/h1-3,8-10H,4-7H2,(H,22,23). The van der Waals surface area contributed by atoms with Crippen LogP contribution in [0.5, 0.6) is 0 Å². The van der Waals surface area contributed by atoms with Crippen molar-refractivity contribution < 1.29 is 13.6 Å². The number of carbonyl (C=O) groups is 1. The molecule has 0 aliphatic carbocycles. The molecule has 6 heteroatoms. The second-order valence-corrected chi connectivity index (χ2v) is 5.88. The van der Waals surface area contributed by atoms with Crippen molar-refractivity contribution in [1.29, 1.82) is 0 Å². The zero-order chi connectivity index (χ0) is 16.8. The van der Waals surface area contributed by atoms with Crippen LogP contribution in [-0.4, -0.2) is 12.5 Å². The van der Waals surface area contributed by atoms with Crippen LogP contribution in [0.1, 0.15) is 17.5 Å². The second kappa shape index (κ2) is 8.27. The second-order valence-electron chi connectivity index (χ2n) is 5.09.